The lowest BCUT2D eigenvalue weighted by molar-refractivity contribution is -0.384. The normalized spacial score (nSPS) is 15.9. The highest BCUT2D eigenvalue weighted by Gasteiger charge is 2.16. The van der Waals surface area contributed by atoms with Crippen LogP contribution in [0.15, 0.2) is 18.2 Å². The number of hydrogen-bond acceptors (Lipinski definition) is 4. The van der Waals surface area contributed by atoms with Crippen LogP contribution in [0.4, 0.5) is 5.69 Å². The van der Waals surface area contributed by atoms with Gasteiger partial charge in [0.15, 0.2) is 0 Å². The maximum atomic E-state index is 10.9. The highest BCUT2D eigenvalue weighted by atomic mass is 16.6. The molecule has 5 nitrogen and oxygen atoms in total. The van der Waals surface area contributed by atoms with Crippen LogP contribution in [0.2, 0.25) is 0 Å². The Morgan fingerprint density at radius 3 is 2.76 bits per heavy atom. The van der Waals surface area contributed by atoms with E-state index in [9.17, 15) is 10.1 Å². The van der Waals surface area contributed by atoms with Gasteiger partial charge in [0.2, 0.25) is 0 Å². The largest absolute Gasteiger partial charge is 0.493 e. The van der Waals surface area contributed by atoms with Crippen molar-refractivity contribution in [2.45, 2.75) is 45.6 Å². The number of nitrogens with one attached hydrogen (secondary N) is 1. The maximum Gasteiger partial charge on any atom is 0.270 e. The van der Waals surface area contributed by atoms with Crippen molar-refractivity contribution in [3.63, 3.8) is 0 Å². The van der Waals surface area contributed by atoms with Crippen LogP contribution in [0.1, 0.15) is 44.6 Å². The Morgan fingerprint density at radius 1 is 1.33 bits per heavy atom. The Labute approximate surface area is 125 Å². The molecule has 1 aromatic rings. The van der Waals surface area contributed by atoms with Gasteiger partial charge in [-0.15, -0.1) is 0 Å². The number of nitrogens with zero attached hydrogens (tertiary/aromatic N) is 1. The van der Waals surface area contributed by atoms with Crippen molar-refractivity contribution in [1.82, 2.24) is 5.32 Å². The van der Waals surface area contributed by atoms with Gasteiger partial charge in [-0.1, -0.05) is 26.2 Å². The average Bonchev–Trinajstić information content (AvgIpc) is 2.52. The standard InChI is InChI=1S/C16H24N2O3/c1-2-17-11-14-10-15(18(19)20)8-9-16(14)21-12-13-6-4-3-5-7-13/h8-10,13,17H,2-7,11-12H2,1H3. The number of non-ortho nitro benzene ring substituents is 1. The van der Waals surface area contributed by atoms with Gasteiger partial charge in [0, 0.05) is 24.2 Å². The Balaban J connectivity index is 2.03. The van der Waals surface area contributed by atoms with Crippen LogP contribution in [-0.2, 0) is 6.54 Å². The van der Waals surface area contributed by atoms with Gasteiger partial charge < -0.3 is 10.1 Å². The van der Waals surface area contributed by atoms with Crippen molar-refractivity contribution in [2.24, 2.45) is 5.92 Å². The van der Waals surface area contributed by atoms with Crippen LogP contribution in [0, 0.1) is 16.0 Å². The quantitative estimate of drug-likeness (QED) is 0.615. The van der Waals surface area contributed by atoms with Crippen molar-refractivity contribution < 1.29 is 9.66 Å². The summed E-state index contributed by atoms with van der Waals surface area (Å²) in [5, 5.41) is 14.1. The molecule has 2 rings (SSSR count). The number of rotatable bonds is 7. The molecule has 0 amide bonds. The summed E-state index contributed by atoms with van der Waals surface area (Å²) in [6.45, 7) is 4.15. The van der Waals surface area contributed by atoms with Crippen LogP contribution < -0.4 is 10.1 Å². The summed E-state index contributed by atoms with van der Waals surface area (Å²) in [7, 11) is 0. The Kier molecular flexibility index (Phi) is 5.99. The third-order valence-electron chi connectivity index (χ3n) is 4.02. The second-order valence-corrected chi connectivity index (χ2v) is 5.64. The molecule has 1 N–H and O–H groups in total. The lowest BCUT2D eigenvalue weighted by atomic mass is 9.90. The molecule has 0 spiro atoms. The predicted molar refractivity (Wildman–Crippen MR) is 82.5 cm³/mol. The molecular formula is C16H24N2O3. The number of ether oxygens (including phenoxy) is 1. The molecule has 0 bridgehead atoms. The van der Waals surface area contributed by atoms with Crippen LogP contribution >= 0.6 is 0 Å². The van der Waals surface area contributed by atoms with E-state index in [2.05, 4.69) is 5.32 Å². The summed E-state index contributed by atoms with van der Waals surface area (Å²) < 4.78 is 5.95. The summed E-state index contributed by atoms with van der Waals surface area (Å²) >= 11 is 0. The molecule has 1 aliphatic rings. The van der Waals surface area contributed by atoms with E-state index in [1.165, 1.54) is 38.2 Å². The van der Waals surface area contributed by atoms with Gasteiger partial charge in [0.25, 0.3) is 5.69 Å². The van der Waals surface area contributed by atoms with E-state index in [4.69, 9.17) is 4.74 Å². The SMILES string of the molecule is CCNCc1cc([N+](=O)[O-])ccc1OCC1CCCCC1. The lowest BCUT2D eigenvalue weighted by Gasteiger charge is -2.22. The van der Waals surface area contributed by atoms with Gasteiger partial charge in [-0.2, -0.15) is 0 Å². The van der Waals surface area contributed by atoms with Crippen LogP contribution in [0.5, 0.6) is 5.75 Å². The van der Waals surface area contributed by atoms with Crippen molar-refractivity contribution in [3.05, 3.63) is 33.9 Å². The molecule has 0 radical (unpaired) electrons. The smallest absolute Gasteiger partial charge is 0.270 e. The zero-order chi connectivity index (χ0) is 15.1. The molecule has 0 atom stereocenters. The number of benzene rings is 1. The molecule has 1 fully saturated rings. The van der Waals surface area contributed by atoms with Crippen LogP contribution in [0.3, 0.4) is 0 Å². The number of hydrogen-bond donors (Lipinski definition) is 1. The van der Waals surface area contributed by atoms with E-state index in [0.717, 1.165) is 24.5 Å². The van der Waals surface area contributed by atoms with E-state index in [-0.39, 0.29) is 10.6 Å². The minimum Gasteiger partial charge on any atom is -0.493 e. The Hall–Kier alpha value is -1.62. The first-order valence-corrected chi connectivity index (χ1v) is 7.81. The monoisotopic (exact) mass is 292 g/mol. The first-order valence-electron chi connectivity index (χ1n) is 7.81. The van der Waals surface area contributed by atoms with Gasteiger partial charge >= 0.3 is 0 Å². The van der Waals surface area contributed by atoms with Crippen LogP contribution in [0.25, 0.3) is 0 Å². The molecule has 1 aliphatic carbocycles. The van der Waals surface area contributed by atoms with E-state index in [0.29, 0.717) is 12.5 Å². The minimum atomic E-state index is -0.361. The lowest BCUT2D eigenvalue weighted by Crippen LogP contribution is -2.17. The van der Waals surface area contributed by atoms with Crippen molar-refractivity contribution in [1.29, 1.82) is 0 Å². The molecular weight excluding hydrogens is 268 g/mol. The molecule has 1 aromatic carbocycles. The first-order chi connectivity index (χ1) is 10.2. The predicted octanol–water partition coefficient (Wildman–Crippen LogP) is 3.66. The molecule has 0 heterocycles. The molecule has 5 heteroatoms. The fourth-order valence-corrected chi connectivity index (χ4v) is 2.78. The van der Waals surface area contributed by atoms with Gasteiger partial charge in [-0.3, -0.25) is 10.1 Å². The van der Waals surface area contributed by atoms with E-state index < -0.39 is 0 Å². The molecule has 1 saturated carbocycles. The topological polar surface area (TPSA) is 64.4 Å². The Morgan fingerprint density at radius 2 is 2.10 bits per heavy atom. The summed E-state index contributed by atoms with van der Waals surface area (Å²) in [5.74, 6) is 1.40. The number of nitro groups is 1. The average molecular weight is 292 g/mol. The summed E-state index contributed by atoms with van der Waals surface area (Å²) in [5.41, 5.74) is 0.981. The van der Waals surface area contributed by atoms with E-state index >= 15 is 0 Å². The third kappa shape index (κ3) is 4.70. The fraction of sp³-hybridized carbons (Fsp3) is 0.625. The molecule has 116 valence electrons. The zero-order valence-electron chi connectivity index (χ0n) is 12.6. The third-order valence-corrected chi connectivity index (χ3v) is 4.02. The van der Waals surface area contributed by atoms with Crippen LogP contribution in [-0.4, -0.2) is 18.1 Å². The maximum absolute atomic E-state index is 10.9. The summed E-state index contributed by atoms with van der Waals surface area (Å²) in [6.07, 6.45) is 6.38. The van der Waals surface area contributed by atoms with Crippen molar-refractivity contribution in [2.75, 3.05) is 13.2 Å². The Bertz CT molecular complexity index is 471. The molecule has 21 heavy (non-hydrogen) atoms. The molecule has 0 aliphatic heterocycles. The van der Waals surface area contributed by atoms with Gasteiger partial charge in [0.1, 0.15) is 5.75 Å². The molecule has 0 saturated heterocycles. The summed E-state index contributed by atoms with van der Waals surface area (Å²) in [6, 6.07) is 4.86. The second kappa shape index (κ2) is 7.98. The highest BCUT2D eigenvalue weighted by Crippen LogP contribution is 2.28. The molecule has 0 unspecified atom stereocenters. The molecule has 0 aromatic heterocycles. The van der Waals surface area contributed by atoms with Gasteiger partial charge in [-0.05, 0) is 31.4 Å². The van der Waals surface area contributed by atoms with Gasteiger partial charge in [-0.25, -0.2) is 0 Å². The van der Waals surface area contributed by atoms with Crippen molar-refractivity contribution in [3.8, 4) is 5.75 Å². The number of nitro benzene ring substituents is 1. The summed E-state index contributed by atoms with van der Waals surface area (Å²) in [4.78, 5) is 10.5. The highest BCUT2D eigenvalue weighted by molar-refractivity contribution is 5.43. The van der Waals surface area contributed by atoms with Gasteiger partial charge in [0.05, 0.1) is 11.5 Å². The van der Waals surface area contributed by atoms with Crippen molar-refractivity contribution >= 4 is 5.69 Å². The first kappa shape index (κ1) is 15.8. The zero-order valence-corrected chi connectivity index (χ0v) is 12.6. The minimum absolute atomic E-state index is 0.118. The van der Waals surface area contributed by atoms with E-state index in [1.807, 2.05) is 6.92 Å². The second-order valence-electron chi connectivity index (χ2n) is 5.64. The fourth-order valence-electron chi connectivity index (χ4n) is 2.78. The van der Waals surface area contributed by atoms with E-state index in [1.54, 1.807) is 12.1 Å².